The predicted molar refractivity (Wildman–Crippen MR) is 85.0 cm³/mol. The van der Waals surface area contributed by atoms with Crippen LogP contribution in [0.2, 0.25) is 0 Å². The molecule has 10 heteroatoms. The lowest BCUT2D eigenvalue weighted by molar-refractivity contribution is -0.166. The van der Waals surface area contributed by atoms with Gasteiger partial charge in [-0.15, -0.1) is 0 Å². The highest BCUT2D eigenvalue weighted by Crippen LogP contribution is 2.23. The summed E-state index contributed by atoms with van der Waals surface area (Å²) in [6, 6.07) is 15.5. The summed E-state index contributed by atoms with van der Waals surface area (Å²) in [6.45, 7) is -1.26. The summed E-state index contributed by atoms with van der Waals surface area (Å²) in [5.41, 5.74) is 1.76. The Kier molecular flexibility index (Phi) is 5.68. The second kappa shape index (κ2) is 7.58. The zero-order valence-electron chi connectivity index (χ0n) is 13.0. The van der Waals surface area contributed by atoms with Gasteiger partial charge in [-0.05, 0) is 23.3 Å². The van der Waals surface area contributed by atoms with Gasteiger partial charge in [0.25, 0.3) is 0 Å². The lowest BCUT2D eigenvalue weighted by Gasteiger charge is -2.11. The average Bonchev–Trinajstić information content (AvgIpc) is 2.60. The van der Waals surface area contributed by atoms with Crippen molar-refractivity contribution in [2.24, 2.45) is 0 Å². The Balaban J connectivity index is 1.93. The third kappa shape index (κ3) is 4.61. The molecular weight excluding hydrogens is 374 g/mol. The van der Waals surface area contributed by atoms with E-state index in [0.29, 0.717) is 0 Å². The van der Waals surface area contributed by atoms with Crippen LogP contribution in [0.1, 0.15) is 0 Å². The zero-order valence-corrected chi connectivity index (χ0v) is 13.8. The average molecular weight is 386 g/mol. The van der Waals surface area contributed by atoms with Crippen molar-refractivity contribution in [1.29, 1.82) is 0 Å². The van der Waals surface area contributed by atoms with Crippen LogP contribution in [0, 0.1) is 0 Å². The molecule has 1 N–H and O–H groups in total. The molecule has 0 heterocycles. The predicted octanol–water partition coefficient (Wildman–Crippen LogP) is 2.28. The zero-order chi connectivity index (χ0) is 19.4. The number of ether oxygens (including phenoxy) is 2. The quantitative estimate of drug-likeness (QED) is 0.461. The van der Waals surface area contributed by atoms with Gasteiger partial charge in [0.2, 0.25) is 0 Å². The molecule has 0 saturated carbocycles. The minimum atomic E-state index is -6.00. The van der Waals surface area contributed by atoms with E-state index in [1.807, 2.05) is 30.3 Å². The Bertz CT molecular complexity index is 894. The van der Waals surface area contributed by atoms with Crippen molar-refractivity contribution in [3.8, 4) is 16.9 Å². The standard InChI is InChI=1S/C16H12F2O7S/c17-16(18,26(21,22)23)15(20)24-10-14(19)25-13-8-6-12(7-9-13)11-4-2-1-3-5-11/h1-9H,10H2,(H,21,22,23). The number of hydrogen-bond donors (Lipinski definition) is 1. The van der Waals surface area contributed by atoms with Gasteiger partial charge in [0, 0.05) is 0 Å². The first-order valence-corrected chi connectivity index (χ1v) is 8.43. The highest BCUT2D eigenvalue weighted by atomic mass is 32.2. The molecule has 26 heavy (non-hydrogen) atoms. The van der Waals surface area contributed by atoms with E-state index in [0.717, 1.165) is 11.1 Å². The molecule has 0 aliphatic carbocycles. The molecule has 0 saturated heterocycles. The van der Waals surface area contributed by atoms with Gasteiger partial charge in [0.05, 0.1) is 0 Å². The Labute approximate surface area is 146 Å². The van der Waals surface area contributed by atoms with E-state index < -0.39 is 33.9 Å². The molecule has 0 bridgehead atoms. The van der Waals surface area contributed by atoms with E-state index in [9.17, 15) is 26.8 Å². The van der Waals surface area contributed by atoms with Crippen LogP contribution in [-0.4, -0.2) is 36.8 Å². The van der Waals surface area contributed by atoms with Crippen LogP contribution in [0.25, 0.3) is 11.1 Å². The summed E-state index contributed by atoms with van der Waals surface area (Å²) in [6.07, 6.45) is 0. The molecule has 2 rings (SSSR count). The van der Waals surface area contributed by atoms with E-state index >= 15 is 0 Å². The van der Waals surface area contributed by atoms with E-state index in [4.69, 9.17) is 9.29 Å². The molecular formula is C16H12F2O7S. The van der Waals surface area contributed by atoms with Crippen molar-refractivity contribution in [2.75, 3.05) is 6.61 Å². The monoisotopic (exact) mass is 386 g/mol. The summed E-state index contributed by atoms with van der Waals surface area (Å²) in [5.74, 6) is -3.74. The number of hydrogen-bond acceptors (Lipinski definition) is 6. The highest BCUT2D eigenvalue weighted by molar-refractivity contribution is 7.87. The third-order valence-electron chi connectivity index (χ3n) is 3.08. The van der Waals surface area contributed by atoms with Crippen molar-refractivity contribution < 1.29 is 40.8 Å². The number of carbonyl (C=O) groups excluding carboxylic acids is 2. The minimum absolute atomic E-state index is 0.0623. The van der Waals surface area contributed by atoms with Crippen molar-refractivity contribution in [3.63, 3.8) is 0 Å². The molecule has 0 unspecified atom stereocenters. The summed E-state index contributed by atoms with van der Waals surface area (Å²) >= 11 is 0. The molecule has 0 aliphatic rings. The second-order valence-corrected chi connectivity index (χ2v) is 6.40. The van der Waals surface area contributed by atoms with Crippen LogP contribution >= 0.6 is 0 Å². The first-order chi connectivity index (χ1) is 12.1. The summed E-state index contributed by atoms with van der Waals surface area (Å²) in [4.78, 5) is 22.4. The molecule has 0 radical (unpaired) electrons. The molecule has 0 spiro atoms. The maximum absolute atomic E-state index is 12.9. The number of rotatable bonds is 6. The van der Waals surface area contributed by atoms with Crippen molar-refractivity contribution in [1.82, 2.24) is 0 Å². The van der Waals surface area contributed by atoms with E-state index in [1.165, 1.54) is 12.1 Å². The SMILES string of the molecule is O=C(COC(=O)C(F)(F)S(=O)(=O)O)Oc1ccc(-c2ccccc2)cc1. The smallest absolute Gasteiger partial charge is 0.448 e. The lowest BCUT2D eigenvalue weighted by Crippen LogP contribution is -2.40. The molecule has 0 amide bonds. The minimum Gasteiger partial charge on any atom is -0.448 e. The van der Waals surface area contributed by atoms with Crippen molar-refractivity contribution >= 4 is 22.1 Å². The Morgan fingerprint density at radius 1 is 0.962 bits per heavy atom. The maximum Gasteiger partial charge on any atom is 0.465 e. The third-order valence-corrected chi connectivity index (χ3v) is 3.89. The topological polar surface area (TPSA) is 107 Å². The van der Waals surface area contributed by atoms with Gasteiger partial charge in [0.15, 0.2) is 6.61 Å². The van der Waals surface area contributed by atoms with Gasteiger partial charge in [-0.1, -0.05) is 42.5 Å². The number of esters is 2. The first-order valence-electron chi connectivity index (χ1n) is 6.99. The molecule has 2 aromatic carbocycles. The second-order valence-electron chi connectivity index (χ2n) is 4.93. The fourth-order valence-electron chi connectivity index (χ4n) is 1.82. The van der Waals surface area contributed by atoms with Gasteiger partial charge in [-0.3, -0.25) is 4.55 Å². The Morgan fingerprint density at radius 2 is 1.50 bits per heavy atom. The summed E-state index contributed by atoms with van der Waals surface area (Å²) in [7, 11) is -6.00. The number of halogens is 2. The van der Waals surface area contributed by atoms with E-state index in [2.05, 4.69) is 4.74 Å². The Morgan fingerprint density at radius 3 is 2.04 bits per heavy atom. The maximum atomic E-state index is 12.9. The van der Waals surface area contributed by atoms with Gasteiger partial charge in [-0.25, -0.2) is 9.59 Å². The largest absolute Gasteiger partial charge is 0.465 e. The fourth-order valence-corrected chi connectivity index (χ4v) is 2.09. The van der Waals surface area contributed by atoms with Crippen molar-refractivity contribution in [2.45, 2.75) is 5.25 Å². The molecule has 2 aromatic rings. The normalized spacial score (nSPS) is 11.7. The van der Waals surface area contributed by atoms with Gasteiger partial charge < -0.3 is 9.47 Å². The van der Waals surface area contributed by atoms with Crippen LogP contribution < -0.4 is 4.74 Å². The molecule has 138 valence electrons. The first kappa shape index (κ1) is 19.5. The van der Waals surface area contributed by atoms with Crippen LogP contribution in [0.4, 0.5) is 8.78 Å². The highest BCUT2D eigenvalue weighted by Gasteiger charge is 2.54. The van der Waals surface area contributed by atoms with Crippen LogP contribution in [0.15, 0.2) is 54.6 Å². The lowest BCUT2D eigenvalue weighted by atomic mass is 10.1. The van der Waals surface area contributed by atoms with Gasteiger partial charge >= 0.3 is 27.3 Å². The number of carbonyl (C=O) groups is 2. The summed E-state index contributed by atoms with van der Waals surface area (Å²) in [5, 5.41) is -5.18. The number of benzene rings is 2. The molecule has 0 aromatic heterocycles. The summed E-state index contributed by atoms with van der Waals surface area (Å²) < 4.78 is 63.5. The molecule has 0 aliphatic heterocycles. The van der Waals surface area contributed by atoms with E-state index in [1.54, 1.807) is 12.1 Å². The molecule has 0 fully saturated rings. The van der Waals surface area contributed by atoms with Gasteiger partial charge in [-0.2, -0.15) is 17.2 Å². The van der Waals surface area contributed by atoms with E-state index in [-0.39, 0.29) is 5.75 Å². The van der Waals surface area contributed by atoms with Crippen LogP contribution in [0.5, 0.6) is 5.75 Å². The fraction of sp³-hybridized carbons (Fsp3) is 0.125. The molecule has 0 atom stereocenters. The molecule has 7 nitrogen and oxygen atoms in total. The van der Waals surface area contributed by atoms with Gasteiger partial charge in [0.1, 0.15) is 5.75 Å². The van der Waals surface area contributed by atoms with Crippen molar-refractivity contribution in [3.05, 3.63) is 54.6 Å². The van der Waals surface area contributed by atoms with Crippen LogP contribution in [-0.2, 0) is 24.4 Å². The van der Waals surface area contributed by atoms with Crippen LogP contribution in [0.3, 0.4) is 0 Å². The number of alkyl halides is 2. The Hall–Kier alpha value is -2.85.